The van der Waals surface area contributed by atoms with Crippen molar-refractivity contribution in [3.63, 3.8) is 0 Å². The van der Waals surface area contributed by atoms with Crippen LogP contribution in [0.3, 0.4) is 0 Å². The third-order valence-electron chi connectivity index (χ3n) is 4.73. The van der Waals surface area contributed by atoms with E-state index in [-0.39, 0.29) is 11.3 Å². The molecule has 8 nitrogen and oxygen atoms in total. The van der Waals surface area contributed by atoms with Crippen LogP contribution in [0.15, 0.2) is 65.7 Å². The Morgan fingerprint density at radius 3 is 2.69 bits per heavy atom. The predicted molar refractivity (Wildman–Crippen MR) is 108 cm³/mol. The molecule has 29 heavy (non-hydrogen) atoms. The molecule has 2 N–H and O–H groups in total. The maximum Gasteiger partial charge on any atom is 0.273 e. The van der Waals surface area contributed by atoms with Crippen LogP contribution >= 0.6 is 0 Å². The van der Waals surface area contributed by atoms with Gasteiger partial charge in [0, 0.05) is 24.8 Å². The minimum Gasteiger partial charge on any atom is -0.497 e. The Kier molecular flexibility index (Phi) is 4.82. The highest BCUT2D eigenvalue weighted by molar-refractivity contribution is 6.04. The molecule has 1 amide bonds. The van der Waals surface area contributed by atoms with E-state index >= 15 is 0 Å². The van der Waals surface area contributed by atoms with Crippen LogP contribution in [0, 0.1) is 0 Å². The first kappa shape index (κ1) is 18.4. The van der Waals surface area contributed by atoms with E-state index in [0.717, 1.165) is 5.56 Å². The molecule has 0 aliphatic carbocycles. The van der Waals surface area contributed by atoms with Crippen molar-refractivity contribution in [1.29, 1.82) is 0 Å². The highest BCUT2D eigenvalue weighted by Gasteiger charge is 2.24. The lowest BCUT2D eigenvalue weighted by Crippen LogP contribution is -2.32. The van der Waals surface area contributed by atoms with Crippen molar-refractivity contribution in [2.75, 3.05) is 7.11 Å². The van der Waals surface area contributed by atoms with Gasteiger partial charge in [0.25, 0.3) is 11.5 Å². The van der Waals surface area contributed by atoms with Crippen LogP contribution in [0.5, 0.6) is 5.75 Å². The van der Waals surface area contributed by atoms with E-state index in [0.29, 0.717) is 22.3 Å². The molecule has 0 fully saturated rings. The summed E-state index contributed by atoms with van der Waals surface area (Å²) in [4.78, 5) is 29.6. The summed E-state index contributed by atoms with van der Waals surface area (Å²) in [5.74, 6) is 0.900. The molecule has 0 bridgehead atoms. The summed E-state index contributed by atoms with van der Waals surface area (Å²) >= 11 is 0. The average Bonchev–Trinajstić information content (AvgIpc) is 3.18. The quantitative estimate of drug-likeness (QED) is 0.545. The van der Waals surface area contributed by atoms with E-state index in [9.17, 15) is 9.59 Å². The Hall–Kier alpha value is -3.94. The van der Waals surface area contributed by atoms with Crippen molar-refractivity contribution >= 4 is 16.7 Å². The molecule has 0 aliphatic heterocycles. The lowest BCUT2D eigenvalue weighted by atomic mass is 10.0. The minimum absolute atomic E-state index is 0.141. The van der Waals surface area contributed by atoms with Crippen molar-refractivity contribution < 1.29 is 9.53 Å². The first-order valence-corrected chi connectivity index (χ1v) is 8.98. The number of benzene rings is 2. The van der Waals surface area contributed by atoms with Gasteiger partial charge in [-0.2, -0.15) is 5.10 Å². The Balaban J connectivity index is 1.77. The number of aromatic nitrogens is 4. The van der Waals surface area contributed by atoms with Gasteiger partial charge in [-0.05, 0) is 23.8 Å². The van der Waals surface area contributed by atoms with Gasteiger partial charge in [0.15, 0.2) is 5.69 Å². The number of hydrogen-bond donors (Lipinski definition) is 2. The van der Waals surface area contributed by atoms with E-state index in [1.54, 1.807) is 37.6 Å². The zero-order valence-corrected chi connectivity index (χ0v) is 15.9. The van der Waals surface area contributed by atoms with Crippen LogP contribution in [0.4, 0.5) is 0 Å². The molecule has 0 saturated carbocycles. The lowest BCUT2D eigenvalue weighted by molar-refractivity contribution is 0.0937. The molecule has 0 saturated heterocycles. The number of nitrogens with zero attached hydrogens (tertiary/aromatic N) is 3. The van der Waals surface area contributed by atoms with Crippen molar-refractivity contribution in [1.82, 2.24) is 25.1 Å². The number of aryl methyl sites for hydroxylation is 1. The number of aromatic amines is 1. The molecule has 2 aromatic heterocycles. The molecule has 0 radical (unpaired) electrons. The van der Waals surface area contributed by atoms with Gasteiger partial charge in [0.05, 0.1) is 12.5 Å². The maximum atomic E-state index is 13.2. The van der Waals surface area contributed by atoms with Gasteiger partial charge >= 0.3 is 0 Å². The number of methoxy groups -OCH3 is 1. The highest BCUT2D eigenvalue weighted by Crippen LogP contribution is 2.25. The number of imidazole rings is 1. The van der Waals surface area contributed by atoms with Crippen LogP contribution in [0.1, 0.15) is 27.9 Å². The molecular weight excluding hydrogens is 370 g/mol. The van der Waals surface area contributed by atoms with Crippen LogP contribution < -0.4 is 15.6 Å². The molecule has 146 valence electrons. The van der Waals surface area contributed by atoms with Crippen molar-refractivity contribution in [3.05, 3.63) is 88.4 Å². The summed E-state index contributed by atoms with van der Waals surface area (Å²) in [7, 11) is 3.44. The van der Waals surface area contributed by atoms with Crippen LogP contribution in [-0.2, 0) is 7.05 Å². The Morgan fingerprint density at radius 1 is 1.17 bits per heavy atom. The van der Waals surface area contributed by atoms with Gasteiger partial charge in [-0.3, -0.25) is 9.59 Å². The fraction of sp³-hybridized carbons (Fsp3) is 0.143. The molecule has 0 aliphatic rings. The number of rotatable bonds is 5. The van der Waals surface area contributed by atoms with E-state index in [1.165, 1.54) is 0 Å². The molecule has 2 aromatic carbocycles. The Labute approximate surface area is 166 Å². The van der Waals surface area contributed by atoms with Gasteiger partial charge in [-0.25, -0.2) is 10.1 Å². The van der Waals surface area contributed by atoms with Crippen LogP contribution in [0.2, 0.25) is 0 Å². The molecule has 4 rings (SSSR count). The van der Waals surface area contributed by atoms with Gasteiger partial charge < -0.3 is 14.6 Å². The minimum atomic E-state index is -0.537. The van der Waals surface area contributed by atoms with Crippen LogP contribution in [-0.4, -0.2) is 32.8 Å². The fourth-order valence-corrected chi connectivity index (χ4v) is 3.26. The van der Waals surface area contributed by atoms with Gasteiger partial charge in [-0.15, -0.1) is 0 Å². The number of hydrogen-bond acceptors (Lipinski definition) is 5. The number of ether oxygens (including phenoxy) is 1. The van der Waals surface area contributed by atoms with Crippen molar-refractivity contribution in [2.45, 2.75) is 6.04 Å². The third-order valence-corrected chi connectivity index (χ3v) is 4.73. The molecular formula is C21H19N5O3. The highest BCUT2D eigenvalue weighted by atomic mass is 16.5. The molecule has 2 heterocycles. The largest absolute Gasteiger partial charge is 0.497 e. The smallest absolute Gasteiger partial charge is 0.273 e. The Bertz CT molecular complexity index is 1240. The Morgan fingerprint density at radius 2 is 1.97 bits per heavy atom. The standard InChI is InChI=1S/C21H19N5O3/c1-26-11-10-22-19(26)17(13-6-5-7-14(12-13)29-2)23-21(28)18-15-8-3-4-9-16(15)20(27)25-24-18/h3-12,17H,1-2H3,(H,23,28)(H,25,27)/t17-/m1/s1. The summed E-state index contributed by atoms with van der Waals surface area (Å²) in [6.45, 7) is 0. The molecule has 1 atom stereocenters. The molecule has 8 heteroatoms. The van der Waals surface area contributed by atoms with E-state index < -0.39 is 11.9 Å². The van der Waals surface area contributed by atoms with Gasteiger partial charge in [0.2, 0.25) is 0 Å². The summed E-state index contributed by atoms with van der Waals surface area (Å²) in [5.41, 5.74) is 0.605. The molecule has 0 unspecified atom stereocenters. The topological polar surface area (TPSA) is 102 Å². The van der Waals surface area contributed by atoms with E-state index in [1.807, 2.05) is 42.1 Å². The van der Waals surface area contributed by atoms with Gasteiger partial charge in [-0.1, -0.05) is 30.3 Å². The summed E-state index contributed by atoms with van der Waals surface area (Å²) in [6.07, 6.45) is 3.48. The molecule has 0 spiro atoms. The summed E-state index contributed by atoms with van der Waals surface area (Å²) in [5, 5.41) is 10.3. The first-order valence-electron chi connectivity index (χ1n) is 8.98. The van der Waals surface area contributed by atoms with E-state index in [4.69, 9.17) is 4.74 Å². The SMILES string of the molecule is COc1cccc([C@@H](NC(=O)c2n[nH]c(=O)c3ccccc23)c2nccn2C)c1. The van der Waals surface area contributed by atoms with Crippen LogP contribution in [0.25, 0.3) is 10.8 Å². The molecule has 4 aromatic rings. The van der Waals surface area contributed by atoms with Crippen molar-refractivity contribution in [2.24, 2.45) is 7.05 Å². The third kappa shape index (κ3) is 3.47. The van der Waals surface area contributed by atoms with E-state index in [2.05, 4.69) is 20.5 Å². The number of nitrogens with one attached hydrogen (secondary N) is 2. The first-order chi connectivity index (χ1) is 14.1. The average molecular weight is 389 g/mol. The second kappa shape index (κ2) is 7.59. The lowest BCUT2D eigenvalue weighted by Gasteiger charge is -2.20. The summed E-state index contributed by atoms with van der Waals surface area (Å²) < 4.78 is 7.16. The zero-order valence-electron chi connectivity index (χ0n) is 15.9. The number of H-pyrrole nitrogens is 1. The summed E-state index contributed by atoms with van der Waals surface area (Å²) in [6, 6.07) is 13.7. The maximum absolute atomic E-state index is 13.2. The number of carbonyl (C=O) groups is 1. The van der Waals surface area contributed by atoms with Crippen molar-refractivity contribution in [3.8, 4) is 5.75 Å². The van der Waals surface area contributed by atoms with Gasteiger partial charge in [0.1, 0.15) is 17.6 Å². The normalized spacial score (nSPS) is 11.9. The number of fused-ring (bicyclic) bond motifs is 1. The predicted octanol–water partition coefficient (Wildman–Crippen LogP) is 2.18. The monoisotopic (exact) mass is 389 g/mol. The fourth-order valence-electron chi connectivity index (χ4n) is 3.26. The second-order valence-corrected chi connectivity index (χ2v) is 6.53. The number of amides is 1. The second-order valence-electron chi connectivity index (χ2n) is 6.53. The number of carbonyl (C=O) groups excluding carboxylic acids is 1. The zero-order chi connectivity index (χ0) is 20.4.